The molecule has 0 fully saturated rings. The number of nitrogens with zero attached hydrogens (tertiary/aromatic N) is 4. The smallest absolute Gasteiger partial charge is 0.339 e. The molecule has 1 aromatic carbocycles. The normalized spacial score (nSPS) is 11.5. The minimum Gasteiger partial charge on any atom is -0.339 e. The summed E-state index contributed by atoms with van der Waals surface area (Å²) in [4.78, 5) is 26.3. The molecule has 0 unspecified atom stereocenters. The van der Waals surface area contributed by atoms with E-state index in [2.05, 4.69) is 15.5 Å². The van der Waals surface area contributed by atoms with Gasteiger partial charge in [-0.3, -0.25) is 14.0 Å². The standard InChI is InChI=1S/C20H20F3N5O2S/c1-3-27(4-2)18(30)13-5-8-15(9-6-13)24-17(29)12-31-19-26-25-16-10-7-14(11-28(16)19)20(21,22)23/h5-11H,3-4,12H2,1-2H3,(H,24,29). The van der Waals surface area contributed by atoms with Crippen LogP contribution in [0, 0.1) is 0 Å². The van der Waals surface area contributed by atoms with E-state index in [1.165, 1.54) is 10.5 Å². The van der Waals surface area contributed by atoms with Gasteiger partial charge in [-0.15, -0.1) is 10.2 Å². The Hall–Kier alpha value is -3.08. The topological polar surface area (TPSA) is 79.6 Å². The number of pyridine rings is 1. The third kappa shape index (κ3) is 5.35. The van der Waals surface area contributed by atoms with Gasteiger partial charge in [-0.1, -0.05) is 11.8 Å². The fourth-order valence-electron chi connectivity index (χ4n) is 2.85. The van der Waals surface area contributed by atoms with Gasteiger partial charge in [0.15, 0.2) is 10.8 Å². The molecule has 2 amide bonds. The molecule has 0 bridgehead atoms. The van der Waals surface area contributed by atoms with Crippen LogP contribution in [0.25, 0.3) is 5.65 Å². The quantitative estimate of drug-likeness (QED) is 0.550. The maximum atomic E-state index is 12.9. The number of hydrogen-bond donors (Lipinski definition) is 1. The van der Waals surface area contributed by atoms with Gasteiger partial charge < -0.3 is 10.2 Å². The van der Waals surface area contributed by atoms with Crippen molar-refractivity contribution in [3.05, 3.63) is 53.7 Å². The molecular formula is C20H20F3N5O2S. The summed E-state index contributed by atoms with van der Waals surface area (Å²) in [6.45, 7) is 5.01. The lowest BCUT2D eigenvalue weighted by Gasteiger charge is -2.18. The molecule has 0 atom stereocenters. The van der Waals surface area contributed by atoms with Crippen LogP contribution in [0.1, 0.15) is 29.8 Å². The Labute approximate surface area is 180 Å². The van der Waals surface area contributed by atoms with Crippen molar-refractivity contribution in [3.8, 4) is 0 Å². The number of rotatable bonds is 7. The van der Waals surface area contributed by atoms with E-state index in [1.54, 1.807) is 29.2 Å². The predicted molar refractivity (Wildman–Crippen MR) is 111 cm³/mol. The number of nitrogens with one attached hydrogen (secondary N) is 1. The van der Waals surface area contributed by atoms with Crippen LogP contribution in [0.15, 0.2) is 47.8 Å². The van der Waals surface area contributed by atoms with Crippen molar-refractivity contribution in [2.75, 3.05) is 24.2 Å². The van der Waals surface area contributed by atoms with Crippen molar-refractivity contribution in [2.24, 2.45) is 0 Å². The number of fused-ring (bicyclic) bond motifs is 1. The summed E-state index contributed by atoms with van der Waals surface area (Å²) < 4.78 is 40.0. The molecule has 3 aromatic rings. The Kier molecular flexibility index (Phi) is 6.84. The molecule has 11 heteroatoms. The first-order valence-electron chi connectivity index (χ1n) is 9.47. The van der Waals surface area contributed by atoms with E-state index in [4.69, 9.17) is 0 Å². The number of alkyl halides is 3. The first-order chi connectivity index (χ1) is 14.7. The summed E-state index contributed by atoms with van der Waals surface area (Å²) >= 11 is 0.970. The average Bonchev–Trinajstić information content (AvgIpc) is 3.15. The van der Waals surface area contributed by atoms with Gasteiger partial charge in [0, 0.05) is 30.5 Å². The van der Waals surface area contributed by atoms with Crippen LogP contribution in [0.5, 0.6) is 0 Å². The van der Waals surface area contributed by atoms with Gasteiger partial charge in [0.2, 0.25) is 5.91 Å². The molecule has 164 valence electrons. The van der Waals surface area contributed by atoms with E-state index < -0.39 is 11.7 Å². The molecule has 31 heavy (non-hydrogen) atoms. The average molecular weight is 451 g/mol. The maximum absolute atomic E-state index is 12.9. The van der Waals surface area contributed by atoms with Crippen molar-refractivity contribution < 1.29 is 22.8 Å². The largest absolute Gasteiger partial charge is 0.417 e. The molecular weight excluding hydrogens is 431 g/mol. The van der Waals surface area contributed by atoms with E-state index in [0.717, 1.165) is 24.0 Å². The van der Waals surface area contributed by atoms with Crippen LogP contribution in [-0.4, -0.2) is 50.2 Å². The molecule has 0 spiro atoms. The lowest BCUT2D eigenvalue weighted by atomic mass is 10.2. The van der Waals surface area contributed by atoms with Gasteiger partial charge >= 0.3 is 6.18 Å². The molecule has 2 aromatic heterocycles. The van der Waals surface area contributed by atoms with Gasteiger partial charge in [0.1, 0.15) is 0 Å². The van der Waals surface area contributed by atoms with E-state index in [9.17, 15) is 22.8 Å². The van der Waals surface area contributed by atoms with Gasteiger partial charge in [0.25, 0.3) is 5.91 Å². The van der Waals surface area contributed by atoms with Gasteiger partial charge in [-0.05, 0) is 50.2 Å². The number of benzene rings is 1. The summed E-state index contributed by atoms with van der Waals surface area (Å²) in [7, 11) is 0. The molecule has 0 radical (unpaired) electrons. The van der Waals surface area contributed by atoms with Gasteiger partial charge in [-0.25, -0.2) is 0 Å². The Balaban J connectivity index is 1.62. The highest BCUT2D eigenvalue weighted by Crippen LogP contribution is 2.30. The van der Waals surface area contributed by atoms with Crippen LogP contribution in [0.2, 0.25) is 0 Å². The molecule has 0 saturated carbocycles. The van der Waals surface area contributed by atoms with Crippen molar-refractivity contribution in [2.45, 2.75) is 25.2 Å². The monoisotopic (exact) mass is 451 g/mol. The van der Waals surface area contributed by atoms with Crippen LogP contribution in [-0.2, 0) is 11.0 Å². The van der Waals surface area contributed by atoms with E-state index in [-0.39, 0.29) is 28.4 Å². The Bertz CT molecular complexity index is 1080. The minimum atomic E-state index is -4.49. The van der Waals surface area contributed by atoms with Crippen LogP contribution in [0.3, 0.4) is 0 Å². The third-order valence-corrected chi connectivity index (χ3v) is 5.44. The van der Waals surface area contributed by atoms with Gasteiger partial charge in [0.05, 0.1) is 11.3 Å². The van der Waals surface area contributed by atoms with E-state index in [0.29, 0.717) is 24.3 Å². The second-order valence-corrected chi connectivity index (χ2v) is 7.46. The highest BCUT2D eigenvalue weighted by Gasteiger charge is 2.31. The second kappa shape index (κ2) is 9.38. The van der Waals surface area contributed by atoms with Gasteiger partial charge in [-0.2, -0.15) is 13.2 Å². The van der Waals surface area contributed by atoms with Crippen molar-refractivity contribution in [1.29, 1.82) is 0 Å². The third-order valence-electron chi connectivity index (χ3n) is 4.50. The Morgan fingerprint density at radius 2 is 1.74 bits per heavy atom. The summed E-state index contributed by atoms with van der Waals surface area (Å²) in [5.41, 5.74) is 0.452. The fraction of sp³-hybridized carbons (Fsp3) is 0.300. The number of thioether (sulfide) groups is 1. The van der Waals surface area contributed by atoms with Crippen LogP contribution in [0.4, 0.5) is 18.9 Å². The molecule has 0 saturated heterocycles. The molecule has 0 aliphatic carbocycles. The lowest BCUT2D eigenvalue weighted by molar-refractivity contribution is -0.137. The number of carbonyl (C=O) groups excluding carboxylic acids is 2. The number of halogens is 3. The SMILES string of the molecule is CCN(CC)C(=O)c1ccc(NC(=O)CSc2nnc3ccc(C(F)(F)F)cn23)cc1. The molecule has 7 nitrogen and oxygen atoms in total. The summed E-state index contributed by atoms with van der Waals surface area (Å²) in [6, 6.07) is 8.67. The Morgan fingerprint density at radius 3 is 2.35 bits per heavy atom. The number of hydrogen-bond acceptors (Lipinski definition) is 5. The summed E-state index contributed by atoms with van der Waals surface area (Å²) in [5.74, 6) is -0.524. The first-order valence-corrected chi connectivity index (χ1v) is 10.5. The molecule has 3 rings (SSSR count). The zero-order valence-electron chi connectivity index (χ0n) is 16.8. The first kappa shape index (κ1) is 22.6. The Morgan fingerprint density at radius 1 is 1.06 bits per heavy atom. The fourth-order valence-corrected chi connectivity index (χ4v) is 3.57. The zero-order valence-corrected chi connectivity index (χ0v) is 17.6. The number of carbonyl (C=O) groups is 2. The molecule has 1 N–H and O–H groups in total. The molecule has 0 aliphatic rings. The number of anilines is 1. The van der Waals surface area contributed by atoms with Crippen molar-refractivity contribution in [3.63, 3.8) is 0 Å². The van der Waals surface area contributed by atoms with Crippen LogP contribution >= 0.6 is 11.8 Å². The van der Waals surface area contributed by atoms with E-state index in [1.807, 2.05) is 13.8 Å². The summed E-state index contributed by atoms with van der Waals surface area (Å²) in [6.07, 6.45) is -3.59. The second-order valence-electron chi connectivity index (χ2n) is 6.52. The predicted octanol–water partition coefficient (Wildman–Crippen LogP) is 3.96. The lowest BCUT2D eigenvalue weighted by Crippen LogP contribution is -2.30. The highest BCUT2D eigenvalue weighted by molar-refractivity contribution is 7.99. The molecule has 0 aliphatic heterocycles. The van der Waals surface area contributed by atoms with Crippen molar-refractivity contribution >= 4 is 34.9 Å². The minimum absolute atomic E-state index is 0.0723. The highest BCUT2D eigenvalue weighted by atomic mass is 32.2. The number of aromatic nitrogens is 3. The molecule has 2 heterocycles. The van der Waals surface area contributed by atoms with Crippen molar-refractivity contribution in [1.82, 2.24) is 19.5 Å². The summed E-state index contributed by atoms with van der Waals surface area (Å²) in [5, 5.41) is 10.5. The zero-order chi connectivity index (χ0) is 22.6. The number of amides is 2. The van der Waals surface area contributed by atoms with Crippen LogP contribution < -0.4 is 5.32 Å². The maximum Gasteiger partial charge on any atom is 0.417 e. The van der Waals surface area contributed by atoms with E-state index >= 15 is 0 Å².